The Bertz CT molecular complexity index is 490. The summed E-state index contributed by atoms with van der Waals surface area (Å²) in [5.74, 6) is 0. The Morgan fingerprint density at radius 2 is 1.63 bits per heavy atom. The van der Waals surface area contributed by atoms with Gasteiger partial charge < -0.3 is 14.7 Å². The summed E-state index contributed by atoms with van der Waals surface area (Å²) in [6, 6.07) is 6.45. The van der Waals surface area contributed by atoms with Crippen LogP contribution in [0.25, 0.3) is 6.08 Å². The highest BCUT2D eigenvalue weighted by Crippen LogP contribution is 2.58. The Morgan fingerprint density at radius 3 is 2.00 bits per heavy atom. The molecule has 1 aromatic rings. The topological polar surface area (TPSA) is 104 Å². The summed E-state index contributed by atoms with van der Waals surface area (Å²) in [5.41, 5.74) is 1.27. The van der Waals surface area contributed by atoms with Crippen LogP contribution in [0.3, 0.4) is 0 Å². The Kier molecular flexibility index (Phi) is 7.45. The van der Waals surface area contributed by atoms with Crippen molar-refractivity contribution in [3.63, 3.8) is 0 Å². The first-order chi connectivity index (χ1) is 8.72. The summed E-state index contributed by atoms with van der Waals surface area (Å²) in [5, 5.41) is 0. The van der Waals surface area contributed by atoms with Gasteiger partial charge in [0.25, 0.3) is 0 Å². The summed E-state index contributed by atoms with van der Waals surface area (Å²) in [6.07, 6.45) is 1.14. The van der Waals surface area contributed by atoms with E-state index in [0.29, 0.717) is 5.56 Å². The molecule has 1 unspecified atom stereocenters. The lowest BCUT2D eigenvalue weighted by atomic mass is 10.1. The van der Waals surface area contributed by atoms with Crippen LogP contribution in [0.1, 0.15) is 25.0 Å². The van der Waals surface area contributed by atoms with Crippen molar-refractivity contribution in [2.45, 2.75) is 20.0 Å². The maximum atomic E-state index is 11.4. The molecule has 1 atom stereocenters. The van der Waals surface area contributed by atoms with Gasteiger partial charge >= 0.3 is 15.4 Å². The third-order valence-corrected chi connectivity index (χ3v) is 4.47. The average Bonchev–Trinajstić information content (AvgIpc) is 2.29. The van der Waals surface area contributed by atoms with Crippen molar-refractivity contribution in [1.82, 2.24) is 0 Å². The van der Waals surface area contributed by atoms with E-state index in [1.807, 2.05) is 13.8 Å². The molecule has 1 rings (SSSR count). The maximum Gasteiger partial charge on any atom is 0.476 e. The lowest BCUT2D eigenvalue weighted by Crippen LogP contribution is -1.92. The molecule has 19 heavy (non-hydrogen) atoms. The fourth-order valence-corrected chi connectivity index (χ4v) is 3.42. The molecule has 0 aromatic heterocycles. The van der Waals surface area contributed by atoms with Gasteiger partial charge in [0.15, 0.2) is 0 Å². The van der Waals surface area contributed by atoms with Gasteiger partial charge in [-0.3, -0.25) is 4.57 Å². The zero-order valence-electron chi connectivity index (χ0n) is 10.8. The van der Waals surface area contributed by atoms with Gasteiger partial charge in [-0.1, -0.05) is 50.8 Å². The number of phosphoric acid groups is 1. The first-order valence-corrected chi connectivity index (χ1v) is 8.81. The summed E-state index contributed by atoms with van der Waals surface area (Å²) in [4.78, 5) is 26.2. The van der Waals surface area contributed by atoms with E-state index < -0.39 is 21.6 Å². The fourth-order valence-electron chi connectivity index (χ4n) is 1.18. The van der Waals surface area contributed by atoms with Gasteiger partial charge in [0.05, 0.1) is 6.16 Å². The predicted octanol–water partition coefficient (Wildman–Crippen LogP) is 3.15. The predicted molar refractivity (Wildman–Crippen MR) is 74.5 cm³/mol. The molecule has 0 heterocycles. The molecule has 0 fully saturated rings. The fraction of sp³-hybridized carbons (Fsp3) is 0.273. The molecule has 0 aliphatic carbocycles. The lowest BCUT2D eigenvalue weighted by Gasteiger charge is -2.12. The molecule has 0 saturated heterocycles. The Hall–Kier alpha value is -0.740. The zero-order valence-corrected chi connectivity index (χ0v) is 12.6. The monoisotopic (exact) mass is 308 g/mol. The van der Waals surface area contributed by atoms with Gasteiger partial charge in [0.2, 0.25) is 0 Å². The Balaban J connectivity index is 0.00000154. The molecule has 1 aromatic carbocycles. The quantitative estimate of drug-likeness (QED) is 0.722. The number of hydrogen-bond donors (Lipinski definition) is 3. The van der Waals surface area contributed by atoms with E-state index >= 15 is 0 Å². The smallest absolute Gasteiger partial charge is 0.324 e. The number of hydrogen-bond acceptors (Lipinski definition) is 3. The first kappa shape index (κ1) is 18.3. The van der Waals surface area contributed by atoms with E-state index in [1.165, 1.54) is 0 Å². The van der Waals surface area contributed by atoms with Gasteiger partial charge in [-0.25, -0.2) is 8.88 Å². The van der Waals surface area contributed by atoms with Crippen LogP contribution in [0.2, 0.25) is 0 Å². The van der Waals surface area contributed by atoms with Crippen molar-refractivity contribution in [2.75, 3.05) is 0 Å². The molecule has 3 N–H and O–H groups in total. The van der Waals surface area contributed by atoms with E-state index in [9.17, 15) is 14.0 Å². The molecule has 6 nitrogen and oxygen atoms in total. The van der Waals surface area contributed by atoms with Crippen LogP contribution in [0.15, 0.2) is 30.8 Å². The highest BCUT2D eigenvalue weighted by Gasteiger charge is 2.30. The highest BCUT2D eigenvalue weighted by atomic mass is 31.3. The standard InChI is InChI=1S/C9H12O6P2.C2H6/c1-2-8-3-5-9(6-4-8)7-16(10,11)15-17(12,13)14;1-2/h2-6H,1,7H2,(H,10,11)(H2,12,13,14);1-2H3. The normalized spacial score (nSPS) is 13.9. The number of benzene rings is 1. The van der Waals surface area contributed by atoms with Crippen LogP contribution in [0.5, 0.6) is 0 Å². The summed E-state index contributed by atoms with van der Waals surface area (Å²) in [7, 11) is -9.32. The van der Waals surface area contributed by atoms with Crippen molar-refractivity contribution in [1.29, 1.82) is 0 Å². The lowest BCUT2D eigenvalue weighted by molar-refractivity contribution is 0.263. The molecule has 0 aliphatic heterocycles. The van der Waals surface area contributed by atoms with Gasteiger partial charge in [-0.15, -0.1) is 0 Å². The minimum atomic E-state index is -4.97. The van der Waals surface area contributed by atoms with E-state index in [1.54, 1.807) is 30.3 Å². The maximum absolute atomic E-state index is 11.4. The van der Waals surface area contributed by atoms with E-state index in [2.05, 4.69) is 10.9 Å². The van der Waals surface area contributed by atoms with E-state index in [4.69, 9.17) is 9.79 Å². The van der Waals surface area contributed by atoms with Crippen LogP contribution < -0.4 is 0 Å². The second kappa shape index (κ2) is 7.75. The number of rotatable bonds is 5. The summed E-state index contributed by atoms with van der Waals surface area (Å²) >= 11 is 0. The molecule has 108 valence electrons. The second-order valence-corrected chi connectivity index (χ2v) is 6.54. The molecule has 0 saturated carbocycles. The van der Waals surface area contributed by atoms with E-state index in [-0.39, 0.29) is 0 Å². The van der Waals surface area contributed by atoms with Gasteiger partial charge in [-0.05, 0) is 11.1 Å². The molecule has 0 aliphatic rings. The Labute approximate surface area is 112 Å². The average molecular weight is 308 g/mol. The summed E-state index contributed by atoms with van der Waals surface area (Å²) < 4.78 is 25.7. The minimum Gasteiger partial charge on any atom is -0.324 e. The zero-order chi connectivity index (χ0) is 15.1. The molecule has 0 radical (unpaired) electrons. The van der Waals surface area contributed by atoms with Crippen LogP contribution >= 0.6 is 15.4 Å². The Morgan fingerprint density at radius 1 is 1.16 bits per heavy atom. The SMILES string of the molecule is C=Cc1ccc(CP(=O)(O)OP(=O)(O)O)cc1.CC. The van der Waals surface area contributed by atoms with Crippen LogP contribution in [-0.4, -0.2) is 14.7 Å². The molecular weight excluding hydrogens is 290 g/mol. The van der Waals surface area contributed by atoms with Crippen LogP contribution in [0, 0.1) is 0 Å². The van der Waals surface area contributed by atoms with Crippen LogP contribution in [-0.2, 0) is 19.6 Å². The summed E-state index contributed by atoms with van der Waals surface area (Å²) in [6.45, 7) is 7.55. The van der Waals surface area contributed by atoms with Crippen molar-refractivity contribution < 1.29 is 28.1 Å². The molecule has 0 spiro atoms. The largest absolute Gasteiger partial charge is 0.476 e. The van der Waals surface area contributed by atoms with Gasteiger partial charge in [0.1, 0.15) is 0 Å². The second-order valence-electron chi connectivity index (χ2n) is 3.31. The van der Waals surface area contributed by atoms with Crippen molar-refractivity contribution in [3.05, 3.63) is 42.0 Å². The van der Waals surface area contributed by atoms with Crippen molar-refractivity contribution >= 4 is 21.5 Å². The molecule has 0 bridgehead atoms. The first-order valence-electron chi connectivity index (χ1n) is 5.52. The third kappa shape index (κ3) is 8.11. The molecule has 0 amide bonds. The van der Waals surface area contributed by atoms with Crippen LogP contribution in [0.4, 0.5) is 0 Å². The molecule has 8 heteroatoms. The van der Waals surface area contributed by atoms with Crippen molar-refractivity contribution in [3.8, 4) is 0 Å². The minimum absolute atomic E-state index is 0.440. The third-order valence-electron chi connectivity index (χ3n) is 1.83. The van der Waals surface area contributed by atoms with E-state index in [0.717, 1.165) is 5.56 Å². The molecular formula is C11H18O6P2. The van der Waals surface area contributed by atoms with Gasteiger partial charge in [-0.2, -0.15) is 0 Å². The highest BCUT2D eigenvalue weighted by molar-refractivity contribution is 7.63. The van der Waals surface area contributed by atoms with Crippen molar-refractivity contribution in [2.24, 2.45) is 0 Å². The van der Waals surface area contributed by atoms with Gasteiger partial charge in [0, 0.05) is 0 Å².